The fourth-order valence-corrected chi connectivity index (χ4v) is 2.11. The molecule has 3 nitrogen and oxygen atoms in total. The summed E-state index contributed by atoms with van der Waals surface area (Å²) in [5.74, 6) is 0. The number of hydrogen-bond acceptors (Lipinski definition) is 4. The molecule has 1 unspecified atom stereocenters. The molecule has 0 spiro atoms. The molecule has 86 valence electrons. The molecule has 0 bridgehead atoms. The van der Waals surface area contributed by atoms with Crippen molar-refractivity contribution < 1.29 is 5.11 Å². The van der Waals surface area contributed by atoms with Gasteiger partial charge in [-0.1, -0.05) is 20.8 Å². The number of rotatable bonds is 4. The highest BCUT2D eigenvalue weighted by atomic mass is 32.1. The highest BCUT2D eigenvalue weighted by molar-refractivity contribution is 7.09. The maximum absolute atomic E-state index is 9.09. The Morgan fingerprint density at radius 1 is 1.53 bits per heavy atom. The van der Waals surface area contributed by atoms with Crippen LogP contribution in [0.5, 0.6) is 0 Å². The van der Waals surface area contributed by atoms with Crippen molar-refractivity contribution in [3.63, 3.8) is 0 Å². The molecule has 1 atom stereocenters. The minimum absolute atomic E-state index is 0.124. The van der Waals surface area contributed by atoms with Crippen LogP contribution in [-0.2, 0) is 12.0 Å². The second kappa shape index (κ2) is 5.05. The van der Waals surface area contributed by atoms with Gasteiger partial charge < -0.3 is 10.4 Å². The number of aliphatic hydroxyl groups is 1. The molecule has 0 fully saturated rings. The fourth-order valence-electron chi connectivity index (χ4n) is 1.12. The second-order valence-corrected chi connectivity index (χ2v) is 5.80. The summed E-state index contributed by atoms with van der Waals surface area (Å²) in [7, 11) is 0. The first kappa shape index (κ1) is 12.6. The lowest BCUT2D eigenvalue weighted by Gasteiger charge is -2.14. The lowest BCUT2D eigenvalue weighted by atomic mass is 9.93. The molecule has 0 aromatic carbocycles. The van der Waals surface area contributed by atoms with E-state index in [1.807, 2.05) is 0 Å². The Kier molecular flexibility index (Phi) is 4.25. The predicted molar refractivity (Wildman–Crippen MR) is 64.2 cm³/mol. The van der Waals surface area contributed by atoms with Gasteiger partial charge in [-0.05, 0) is 6.92 Å². The van der Waals surface area contributed by atoms with E-state index in [0.717, 1.165) is 17.2 Å². The van der Waals surface area contributed by atoms with Crippen LogP contribution >= 0.6 is 11.3 Å². The normalized spacial score (nSPS) is 14.2. The van der Waals surface area contributed by atoms with E-state index in [0.29, 0.717) is 6.54 Å². The molecule has 0 radical (unpaired) electrons. The SMILES string of the molecule is CC(O)CNCc1nc(C(C)(C)C)cs1. The standard InChI is InChI=1S/C11H20N2OS/c1-8(14)5-12-6-10-13-9(7-15-10)11(2,3)4/h7-8,12,14H,5-6H2,1-4H3. The summed E-state index contributed by atoms with van der Waals surface area (Å²) in [5, 5.41) is 15.4. The molecule has 1 aromatic heterocycles. The number of nitrogens with one attached hydrogen (secondary N) is 1. The maximum Gasteiger partial charge on any atom is 0.107 e. The summed E-state index contributed by atoms with van der Waals surface area (Å²) in [6.45, 7) is 9.62. The van der Waals surface area contributed by atoms with E-state index in [-0.39, 0.29) is 11.5 Å². The smallest absolute Gasteiger partial charge is 0.107 e. The summed E-state index contributed by atoms with van der Waals surface area (Å²) >= 11 is 1.67. The third-order valence-corrected chi connectivity index (χ3v) is 2.88. The van der Waals surface area contributed by atoms with E-state index >= 15 is 0 Å². The van der Waals surface area contributed by atoms with Crippen molar-refractivity contribution in [2.24, 2.45) is 0 Å². The lowest BCUT2D eigenvalue weighted by Crippen LogP contribution is -2.23. The molecule has 4 heteroatoms. The van der Waals surface area contributed by atoms with Crippen LogP contribution < -0.4 is 5.32 Å². The van der Waals surface area contributed by atoms with Crippen molar-refractivity contribution in [1.29, 1.82) is 0 Å². The van der Waals surface area contributed by atoms with Crippen molar-refractivity contribution in [2.45, 2.75) is 45.8 Å². The summed E-state index contributed by atoms with van der Waals surface area (Å²) in [5.41, 5.74) is 1.26. The van der Waals surface area contributed by atoms with Gasteiger partial charge in [-0.15, -0.1) is 11.3 Å². The third-order valence-electron chi connectivity index (χ3n) is 2.04. The maximum atomic E-state index is 9.09. The van der Waals surface area contributed by atoms with E-state index in [1.54, 1.807) is 18.3 Å². The quantitative estimate of drug-likeness (QED) is 0.827. The lowest BCUT2D eigenvalue weighted by molar-refractivity contribution is 0.191. The largest absolute Gasteiger partial charge is 0.392 e. The second-order valence-electron chi connectivity index (χ2n) is 4.86. The summed E-state index contributed by atoms with van der Waals surface area (Å²) in [6, 6.07) is 0. The third kappa shape index (κ3) is 4.28. The van der Waals surface area contributed by atoms with Gasteiger partial charge in [-0.25, -0.2) is 4.98 Å². The summed E-state index contributed by atoms with van der Waals surface area (Å²) in [6.07, 6.45) is -0.299. The number of nitrogens with zero attached hydrogens (tertiary/aromatic N) is 1. The highest BCUT2D eigenvalue weighted by Gasteiger charge is 2.17. The number of aliphatic hydroxyl groups excluding tert-OH is 1. The molecule has 1 rings (SSSR count). The molecule has 0 aliphatic rings. The number of thiazole rings is 1. The van der Waals surface area contributed by atoms with E-state index in [1.165, 1.54) is 0 Å². The van der Waals surface area contributed by atoms with Crippen molar-refractivity contribution in [3.05, 3.63) is 16.1 Å². The zero-order chi connectivity index (χ0) is 11.5. The first-order valence-electron chi connectivity index (χ1n) is 5.23. The van der Waals surface area contributed by atoms with Crippen LogP contribution in [0.25, 0.3) is 0 Å². The molecule has 1 aromatic rings. The van der Waals surface area contributed by atoms with E-state index < -0.39 is 0 Å². The highest BCUT2D eigenvalue weighted by Crippen LogP contribution is 2.23. The first-order valence-corrected chi connectivity index (χ1v) is 6.11. The molecule has 0 aliphatic carbocycles. The van der Waals surface area contributed by atoms with Crippen LogP contribution in [0.2, 0.25) is 0 Å². The fraction of sp³-hybridized carbons (Fsp3) is 0.727. The molecule has 0 amide bonds. The van der Waals surface area contributed by atoms with Gasteiger partial charge in [0.15, 0.2) is 0 Å². The van der Waals surface area contributed by atoms with Crippen LogP contribution in [0.3, 0.4) is 0 Å². The van der Waals surface area contributed by atoms with Gasteiger partial charge in [-0.2, -0.15) is 0 Å². The van der Waals surface area contributed by atoms with Crippen LogP contribution in [0.15, 0.2) is 5.38 Å². The molecule has 0 saturated carbocycles. The van der Waals surface area contributed by atoms with Crippen molar-refractivity contribution >= 4 is 11.3 Å². The van der Waals surface area contributed by atoms with Crippen LogP contribution in [-0.4, -0.2) is 22.7 Å². The van der Waals surface area contributed by atoms with E-state index in [2.05, 4.69) is 36.5 Å². The van der Waals surface area contributed by atoms with E-state index in [9.17, 15) is 0 Å². The Bertz CT molecular complexity index is 302. The summed E-state index contributed by atoms with van der Waals surface area (Å²) in [4.78, 5) is 4.55. The Balaban J connectivity index is 2.47. The van der Waals surface area contributed by atoms with E-state index in [4.69, 9.17) is 5.11 Å². The average molecular weight is 228 g/mol. The Morgan fingerprint density at radius 3 is 2.67 bits per heavy atom. The van der Waals surface area contributed by atoms with Gasteiger partial charge in [0.2, 0.25) is 0 Å². The first-order chi connectivity index (χ1) is 6.89. The molecular formula is C11H20N2OS. The Morgan fingerprint density at radius 2 is 2.20 bits per heavy atom. The summed E-state index contributed by atoms with van der Waals surface area (Å²) < 4.78 is 0. The minimum Gasteiger partial charge on any atom is -0.392 e. The molecule has 15 heavy (non-hydrogen) atoms. The van der Waals surface area contributed by atoms with Gasteiger partial charge in [0.1, 0.15) is 5.01 Å². The van der Waals surface area contributed by atoms with Crippen molar-refractivity contribution in [1.82, 2.24) is 10.3 Å². The van der Waals surface area contributed by atoms with Gasteiger partial charge in [0.25, 0.3) is 0 Å². The van der Waals surface area contributed by atoms with Gasteiger partial charge in [0.05, 0.1) is 11.8 Å². The Labute approximate surface area is 95.6 Å². The van der Waals surface area contributed by atoms with Gasteiger partial charge in [0, 0.05) is 23.9 Å². The van der Waals surface area contributed by atoms with Crippen LogP contribution in [0.4, 0.5) is 0 Å². The monoisotopic (exact) mass is 228 g/mol. The molecule has 0 saturated heterocycles. The topological polar surface area (TPSA) is 45.1 Å². The number of hydrogen-bond donors (Lipinski definition) is 2. The van der Waals surface area contributed by atoms with Crippen molar-refractivity contribution in [3.8, 4) is 0 Å². The average Bonchev–Trinajstić information content (AvgIpc) is 2.51. The number of aromatic nitrogens is 1. The van der Waals surface area contributed by atoms with Crippen LogP contribution in [0.1, 0.15) is 38.4 Å². The zero-order valence-electron chi connectivity index (χ0n) is 9.87. The molecule has 0 aliphatic heterocycles. The zero-order valence-corrected chi connectivity index (χ0v) is 10.7. The molecular weight excluding hydrogens is 208 g/mol. The molecule has 2 N–H and O–H groups in total. The Hall–Kier alpha value is -0.450. The van der Waals surface area contributed by atoms with Crippen LogP contribution in [0, 0.1) is 0 Å². The van der Waals surface area contributed by atoms with Gasteiger partial charge in [-0.3, -0.25) is 0 Å². The predicted octanol–water partition coefficient (Wildman–Crippen LogP) is 1.91. The molecule has 1 heterocycles. The van der Waals surface area contributed by atoms with Gasteiger partial charge >= 0.3 is 0 Å². The minimum atomic E-state index is -0.299. The van der Waals surface area contributed by atoms with Crippen molar-refractivity contribution in [2.75, 3.05) is 6.54 Å².